The molecule has 0 saturated carbocycles. The monoisotopic (exact) mass is 236 g/mol. The van der Waals surface area contributed by atoms with Gasteiger partial charge in [-0.2, -0.15) is 0 Å². The lowest BCUT2D eigenvalue weighted by Crippen LogP contribution is -1.91. The topological polar surface area (TPSA) is 22.4 Å². The molecule has 0 fully saturated rings. The molecule has 1 aromatic heterocycles. The van der Waals surface area contributed by atoms with Gasteiger partial charge in [0.15, 0.2) is 0 Å². The van der Waals surface area contributed by atoms with Gasteiger partial charge in [-0.3, -0.25) is 0 Å². The highest BCUT2D eigenvalue weighted by Gasteiger charge is 2.12. The SMILES string of the molecule is COc1ccc(C(Cl)c2coc(C)c2)cc1. The first-order chi connectivity index (χ1) is 7.70. The Morgan fingerprint density at radius 2 is 1.88 bits per heavy atom. The van der Waals surface area contributed by atoms with Crippen molar-refractivity contribution < 1.29 is 9.15 Å². The first kappa shape index (κ1) is 11.1. The Labute approximate surface area is 99.8 Å². The van der Waals surface area contributed by atoms with E-state index < -0.39 is 0 Å². The summed E-state index contributed by atoms with van der Waals surface area (Å²) in [7, 11) is 1.65. The molecule has 1 heterocycles. The van der Waals surface area contributed by atoms with Crippen molar-refractivity contribution in [2.45, 2.75) is 12.3 Å². The van der Waals surface area contributed by atoms with Crippen LogP contribution in [0.5, 0.6) is 5.75 Å². The fourth-order valence-corrected chi connectivity index (χ4v) is 1.82. The van der Waals surface area contributed by atoms with Crippen LogP contribution in [0, 0.1) is 6.92 Å². The number of benzene rings is 1. The molecule has 0 bridgehead atoms. The predicted octanol–water partition coefficient (Wildman–Crippen LogP) is 3.92. The van der Waals surface area contributed by atoms with E-state index in [0.717, 1.165) is 22.6 Å². The van der Waals surface area contributed by atoms with E-state index in [4.69, 9.17) is 20.8 Å². The minimum Gasteiger partial charge on any atom is -0.497 e. The van der Waals surface area contributed by atoms with Gasteiger partial charge >= 0.3 is 0 Å². The lowest BCUT2D eigenvalue weighted by Gasteiger charge is -2.08. The molecule has 0 aliphatic heterocycles. The molecule has 2 aromatic rings. The summed E-state index contributed by atoms with van der Waals surface area (Å²) in [6.07, 6.45) is 1.69. The van der Waals surface area contributed by atoms with Crippen molar-refractivity contribution in [3.63, 3.8) is 0 Å². The largest absolute Gasteiger partial charge is 0.497 e. The van der Waals surface area contributed by atoms with Crippen LogP contribution in [0.1, 0.15) is 22.3 Å². The van der Waals surface area contributed by atoms with Crippen LogP contribution in [-0.4, -0.2) is 7.11 Å². The van der Waals surface area contributed by atoms with Crippen LogP contribution in [-0.2, 0) is 0 Å². The number of furan rings is 1. The summed E-state index contributed by atoms with van der Waals surface area (Å²) in [6.45, 7) is 1.90. The molecule has 0 N–H and O–H groups in total. The molecule has 0 aliphatic carbocycles. The molecule has 3 heteroatoms. The molecule has 1 aromatic carbocycles. The Morgan fingerprint density at radius 1 is 1.19 bits per heavy atom. The predicted molar refractivity (Wildman–Crippen MR) is 64.1 cm³/mol. The molecule has 2 rings (SSSR count). The summed E-state index contributed by atoms with van der Waals surface area (Å²) in [5.74, 6) is 1.70. The van der Waals surface area contributed by atoms with Crippen LogP contribution >= 0.6 is 11.6 Å². The van der Waals surface area contributed by atoms with Crippen molar-refractivity contribution in [1.82, 2.24) is 0 Å². The number of aryl methyl sites for hydroxylation is 1. The van der Waals surface area contributed by atoms with E-state index in [9.17, 15) is 0 Å². The molecule has 0 saturated heterocycles. The quantitative estimate of drug-likeness (QED) is 0.754. The maximum absolute atomic E-state index is 6.34. The maximum atomic E-state index is 6.34. The van der Waals surface area contributed by atoms with E-state index in [2.05, 4.69) is 0 Å². The van der Waals surface area contributed by atoms with Gasteiger partial charge in [-0.15, -0.1) is 11.6 Å². The zero-order valence-electron chi connectivity index (χ0n) is 9.24. The zero-order chi connectivity index (χ0) is 11.5. The van der Waals surface area contributed by atoms with Gasteiger partial charge < -0.3 is 9.15 Å². The average molecular weight is 237 g/mol. The third kappa shape index (κ3) is 2.22. The van der Waals surface area contributed by atoms with Crippen molar-refractivity contribution >= 4 is 11.6 Å². The Hall–Kier alpha value is -1.41. The molecule has 1 unspecified atom stereocenters. The van der Waals surface area contributed by atoms with Gasteiger partial charge in [-0.25, -0.2) is 0 Å². The third-order valence-corrected chi connectivity index (χ3v) is 2.96. The number of alkyl halides is 1. The number of hydrogen-bond donors (Lipinski definition) is 0. The number of halogens is 1. The minimum atomic E-state index is -0.177. The average Bonchev–Trinajstić information content (AvgIpc) is 2.75. The number of methoxy groups -OCH3 is 1. The van der Waals surface area contributed by atoms with Gasteiger partial charge in [-0.1, -0.05) is 12.1 Å². The van der Waals surface area contributed by atoms with E-state index in [-0.39, 0.29) is 5.38 Å². The normalized spacial score (nSPS) is 12.4. The molecule has 0 radical (unpaired) electrons. The molecule has 1 atom stereocenters. The number of hydrogen-bond acceptors (Lipinski definition) is 2. The lowest BCUT2D eigenvalue weighted by atomic mass is 10.1. The molecule has 0 spiro atoms. The van der Waals surface area contributed by atoms with Gasteiger partial charge in [0, 0.05) is 5.56 Å². The van der Waals surface area contributed by atoms with Crippen LogP contribution in [0.15, 0.2) is 41.0 Å². The molecule has 2 nitrogen and oxygen atoms in total. The molecular weight excluding hydrogens is 224 g/mol. The molecular formula is C13H13ClO2. The van der Waals surface area contributed by atoms with E-state index in [1.165, 1.54) is 0 Å². The van der Waals surface area contributed by atoms with Gasteiger partial charge in [0.1, 0.15) is 11.5 Å². The number of rotatable bonds is 3. The smallest absolute Gasteiger partial charge is 0.118 e. The van der Waals surface area contributed by atoms with Crippen LogP contribution in [0.2, 0.25) is 0 Å². The second-order valence-electron chi connectivity index (χ2n) is 3.63. The Bertz CT molecular complexity index is 459. The van der Waals surface area contributed by atoms with Crippen molar-refractivity contribution in [3.05, 3.63) is 53.5 Å². The summed E-state index contributed by atoms with van der Waals surface area (Å²) < 4.78 is 10.3. The van der Waals surface area contributed by atoms with Crippen molar-refractivity contribution in [3.8, 4) is 5.75 Å². The van der Waals surface area contributed by atoms with Crippen molar-refractivity contribution in [2.75, 3.05) is 7.11 Å². The van der Waals surface area contributed by atoms with Crippen LogP contribution in [0.3, 0.4) is 0 Å². The Morgan fingerprint density at radius 3 is 2.38 bits per heavy atom. The van der Waals surface area contributed by atoms with E-state index in [1.54, 1.807) is 13.4 Å². The fourth-order valence-electron chi connectivity index (χ4n) is 1.56. The summed E-state index contributed by atoms with van der Waals surface area (Å²) in [5.41, 5.74) is 2.01. The highest BCUT2D eigenvalue weighted by atomic mass is 35.5. The van der Waals surface area contributed by atoms with Crippen LogP contribution < -0.4 is 4.74 Å². The summed E-state index contributed by atoms with van der Waals surface area (Å²) in [6, 6.07) is 9.66. The van der Waals surface area contributed by atoms with Gasteiger partial charge in [0.25, 0.3) is 0 Å². The molecule has 0 aliphatic rings. The molecule has 16 heavy (non-hydrogen) atoms. The molecule has 84 valence electrons. The second kappa shape index (κ2) is 4.62. The first-order valence-electron chi connectivity index (χ1n) is 5.04. The van der Waals surface area contributed by atoms with Gasteiger partial charge in [0.2, 0.25) is 0 Å². The fraction of sp³-hybridized carbons (Fsp3) is 0.231. The van der Waals surface area contributed by atoms with Crippen molar-refractivity contribution in [2.24, 2.45) is 0 Å². The van der Waals surface area contributed by atoms with Gasteiger partial charge in [-0.05, 0) is 30.7 Å². The Kier molecular flexibility index (Phi) is 3.20. The second-order valence-corrected chi connectivity index (χ2v) is 4.06. The van der Waals surface area contributed by atoms with Crippen LogP contribution in [0.25, 0.3) is 0 Å². The maximum Gasteiger partial charge on any atom is 0.118 e. The van der Waals surface area contributed by atoms with Crippen molar-refractivity contribution in [1.29, 1.82) is 0 Å². The summed E-state index contributed by atoms with van der Waals surface area (Å²) in [5, 5.41) is -0.177. The van der Waals surface area contributed by atoms with Crippen LogP contribution in [0.4, 0.5) is 0 Å². The number of ether oxygens (including phenoxy) is 1. The van der Waals surface area contributed by atoms with E-state index in [0.29, 0.717) is 0 Å². The highest BCUT2D eigenvalue weighted by Crippen LogP contribution is 2.30. The molecule has 0 amide bonds. The third-order valence-electron chi connectivity index (χ3n) is 2.45. The summed E-state index contributed by atoms with van der Waals surface area (Å²) in [4.78, 5) is 0. The lowest BCUT2D eigenvalue weighted by molar-refractivity contribution is 0.414. The minimum absolute atomic E-state index is 0.177. The first-order valence-corrected chi connectivity index (χ1v) is 5.47. The Balaban J connectivity index is 2.23. The zero-order valence-corrected chi connectivity index (χ0v) is 9.99. The van der Waals surface area contributed by atoms with E-state index >= 15 is 0 Å². The summed E-state index contributed by atoms with van der Waals surface area (Å²) >= 11 is 6.34. The standard InChI is InChI=1S/C13H13ClO2/c1-9-7-11(8-16-9)13(14)10-3-5-12(15-2)6-4-10/h3-8,13H,1-2H3. The van der Waals surface area contributed by atoms with Gasteiger partial charge in [0.05, 0.1) is 18.8 Å². The van der Waals surface area contributed by atoms with E-state index in [1.807, 2.05) is 37.3 Å². The highest BCUT2D eigenvalue weighted by molar-refractivity contribution is 6.22.